The number of benzene rings is 3. The lowest BCUT2D eigenvalue weighted by atomic mass is 9.77. The minimum Gasteiger partial charge on any atom is -0.454 e. The molecule has 0 saturated carbocycles. The summed E-state index contributed by atoms with van der Waals surface area (Å²) < 4.78 is 43.5. The van der Waals surface area contributed by atoms with Gasteiger partial charge in [-0.3, -0.25) is 5.41 Å². The number of aromatic nitrogens is 1. The van der Waals surface area contributed by atoms with E-state index in [1.807, 2.05) is 25.1 Å². The second-order valence-electron chi connectivity index (χ2n) is 12.0. The van der Waals surface area contributed by atoms with Gasteiger partial charge in [-0.25, -0.2) is 13.8 Å². The topological polar surface area (TPSA) is 82.5 Å². The molecule has 1 aromatic heterocycles. The van der Waals surface area contributed by atoms with Crippen LogP contribution >= 0.6 is 11.8 Å². The zero-order valence-corrected chi connectivity index (χ0v) is 26.8. The number of rotatable bonds is 2. The molecule has 44 heavy (non-hydrogen) atoms. The minimum atomic E-state index is -0.809. The van der Waals surface area contributed by atoms with Crippen LogP contribution in [0.5, 0.6) is 11.5 Å². The van der Waals surface area contributed by atoms with Crippen LogP contribution in [0.25, 0.3) is 10.9 Å². The molecule has 3 aromatic carbocycles. The number of hydrogen-bond acceptors (Lipinski definition) is 5. The van der Waals surface area contributed by atoms with Crippen molar-refractivity contribution in [3.8, 4) is 11.5 Å². The number of hydrogen-bond donors (Lipinski definition) is 3. The summed E-state index contributed by atoms with van der Waals surface area (Å²) in [7, 11) is 1.64. The summed E-state index contributed by atoms with van der Waals surface area (Å²) in [6.45, 7) is 8.61. The minimum absolute atomic E-state index is 0.0731. The zero-order chi connectivity index (χ0) is 31.5. The van der Waals surface area contributed by atoms with Gasteiger partial charge in [-0.05, 0) is 81.2 Å². The standard InChI is InChI=1S/C35H40F2N4O2S/c1-6-22-8-7-9-23(18-22)35(4)14-16-42-34(2,3)21-44-17-13-26-25-12-15-40-30(25)20-29(37)31(26)43-24-10-11-28(36)27(19-24)32(39-5)41-33(35)38/h7-12,15,18-20,40H,6,13-14,16-17,21H2,1-5H3,(H2,38,39,41). The Bertz CT molecular complexity index is 1700. The van der Waals surface area contributed by atoms with E-state index in [0.29, 0.717) is 25.0 Å². The predicted molar refractivity (Wildman–Crippen MR) is 177 cm³/mol. The first kappa shape index (κ1) is 31.7. The van der Waals surface area contributed by atoms with Gasteiger partial charge in [0.15, 0.2) is 11.6 Å². The first-order chi connectivity index (χ1) is 21.0. The molecule has 2 bridgehead atoms. The van der Waals surface area contributed by atoms with Crippen LogP contribution in [0.3, 0.4) is 0 Å². The van der Waals surface area contributed by atoms with Crippen LogP contribution in [0.2, 0.25) is 0 Å². The van der Waals surface area contributed by atoms with E-state index in [9.17, 15) is 5.41 Å². The third-order valence-corrected chi connectivity index (χ3v) is 9.67. The molecule has 3 N–H and O–H groups in total. The van der Waals surface area contributed by atoms with Gasteiger partial charge in [0.05, 0.1) is 16.6 Å². The summed E-state index contributed by atoms with van der Waals surface area (Å²) in [5, 5.41) is 13.1. The fourth-order valence-corrected chi connectivity index (χ4v) is 6.60. The van der Waals surface area contributed by atoms with Crippen molar-refractivity contribution in [1.29, 1.82) is 5.41 Å². The summed E-state index contributed by atoms with van der Waals surface area (Å²) in [6.07, 6.45) is 3.73. The molecule has 1 unspecified atom stereocenters. The van der Waals surface area contributed by atoms with E-state index in [0.717, 1.165) is 40.0 Å². The van der Waals surface area contributed by atoms with Crippen LogP contribution < -0.4 is 10.1 Å². The average Bonchev–Trinajstić information content (AvgIpc) is 3.47. The number of halogens is 2. The van der Waals surface area contributed by atoms with Gasteiger partial charge in [0.1, 0.15) is 23.2 Å². The lowest BCUT2D eigenvalue weighted by Crippen LogP contribution is -2.37. The number of fused-ring (bicyclic) bond motifs is 5. The summed E-state index contributed by atoms with van der Waals surface area (Å²) in [6, 6.07) is 15.8. The second-order valence-corrected chi connectivity index (χ2v) is 13.1. The molecule has 232 valence electrons. The van der Waals surface area contributed by atoms with E-state index in [2.05, 4.69) is 48.2 Å². The summed E-state index contributed by atoms with van der Waals surface area (Å²) in [4.78, 5) is 7.76. The Morgan fingerprint density at radius 1 is 1.07 bits per heavy atom. The first-order valence-corrected chi connectivity index (χ1v) is 16.1. The number of amidine groups is 2. The fourth-order valence-electron chi connectivity index (χ4n) is 5.53. The number of aryl methyl sites for hydroxylation is 2. The lowest BCUT2D eigenvalue weighted by Gasteiger charge is -2.32. The van der Waals surface area contributed by atoms with Crippen LogP contribution in [-0.4, -0.2) is 47.4 Å². The third kappa shape index (κ3) is 6.69. The van der Waals surface area contributed by atoms with Crippen LogP contribution in [0.1, 0.15) is 56.4 Å². The molecule has 0 amide bonds. The van der Waals surface area contributed by atoms with Crippen molar-refractivity contribution in [2.45, 2.75) is 58.0 Å². The van der Waals surface area contributed by atoms with Crippen molar-refractivity contribution in [2.75, 3.05) is 25.2 Å². The summed E-state index contributed by atoms with van der Waals surface area (Å²) >= 11 is 1.74. The normalized spacial score (nSPS) is 21.0. The maximum atomic E-state index is 15.5. The van der Waals surface area contributed by atoms with E-state index in [4.69, 9.17) is 9.47 Å². The molecule has 4 aromatic rings. The van der Waals surface area contributed by atoms with Crippen molar-refractivity contribution < 1.29 is 18.3 Å². The van der Waals surface area contributed by atoms with Crippen molar-refractivity contribution in [3.63, 3.8) is 0 Å². The lowest BCUT2D eigenvalue weighted by molar-refractivity contribution is -0.00427. The molecule has 0 aliphatic carbocycles. The van der Waals surface area contributed by atoms with E-state index >= 15 is 8.78 Å². The Hall–Kier alpha value is -3.69. The maximum absolute atomic E-state index is 15.5. The average molecular weight is 619 g/mol. The Morgan fingerprint density at radius 3 is 2.66 bits per heavy atom. The molecule has 0 saturated heterocycles. The number of ether oxygens (including phenoxy) is 2. The molecule has 1 aliphatic rings. The number of thioether (sulfide) groups is 1. The number of nitrogens with one attached hydrogen (secondary N) is 3. The highest BCUT2D eigenvalue weighted by molar-refractivity contribution is 7.99. The monoisotopic (exact) mass is 618 g/mol. The molecule has 0 radical (unpaired) electrons. The molecular formula is C35H40F2N4O2S. The van der Waals surface area contributed by atoms with Crippen molar-refractivity contribution in [2.24, 2.45) is 4.99 Å². The molecule has 5 rings (SSSR count). The summed E-state index contributed by atoms with van der Waals surface area (Å²) in [5.74, 6) is 1.06. The molecule has 6 nitrogen and oxygen atoms in total. The van der Waals surface area contributed by atoms with Crippen LogP contribution in [0.15, 0.2) is 65.8 Å². The highest BCUT2D eigenvalue weighted by Gasteiger charge is 2.34. The van der Waals surface area contributed by atoms with Crippen molar-refractivity contribution in [1.82, 2.24) is 10.3 Å². The van der Waals surface area contributed by atoms with Gasteiger partial charge in [0, 0.05) is 48.1 Å². The van der Waals surface area contributed by atoms with Crippen LogP contribution in [0.4, 0.5) is 8.78 Å². The van der Waals surface area contributed by atoms with Crippen LogP contribution in [0, 0.1) is 17.0 Å². The quantitative estimate of drug-likeness (QED) is 0.212. The van der Waals surface area contributed by atoms with Crippen LogP contribution in [-0.2, 0) is 23.0 Å². The van der Waals surface area contributed by atoms with Gasteiger partial charge >= 0.3 is 0 Å². The molecule has 1 aliphatic heterocycles. The van der Waals surface area contributed by atoms with Gasteiger partial charge in [-0.1, -0.05) is 31.2 Å². The van der Waals surface area contributed by atoms with E-state index < -0.39 is 22.7 Å². The van der Waals surface area contributed by atoms with Crippen molar-refractivity contribution in [3.05, 3.63) is 94.7 Å². The van der Waals surface area contributed by atoms with E-state index in [1.165, 1.54) is 24.3 Å². The number of aromatic amines is 1. The van der Waals surface area contributed by atoms with E-state index in [-0.39, 0.29) is 28.7 Å². The molecule has 0 fully saturated rings. The highest BCUT2D eigenvalue weighted by Crippen LogP contribution is 2.37. The Labute approximate surface area is 262 Å². The number of aliphatic imine (C=N–C) groups is 1. The van der Waals surface area contributed by atoms with Gasteiger partial charge in [0.2, 0.25) is 0 Å². The van der Waals surface area contributed by atoms with Gasteiger partial charge in [0.25, 0.3) is 0 Å². The maximum Gasteiger partial charge on any atom is 0.168 e. The fraction of sp³-hybridized carbons (Fsp3) is 0.371. The molecule has 2 heterocycles. The highest BCUT2D eigenvalue weighted by atomic mass is 32.2. The van der Waals surface area contributed by atoms with Gasteiger partial charge in [-0.15, -0.1) is 0 Å². The van der Waals surface area contributed by atoms with E-state index in [1.54, 1.807) is 25.0 Å². The SMILES string of the molecule is CCc1cccc(C2(C)CCOC(C)(C)CSCCc3c(c(F)cc4[nH]ccc34)Oc3ccc(F)c(c3)/C(NC)=N/C2=N)c1. The smallest absolute Gasteiger partial charge is 0.168 e. The molecular weight excluding hydrogens is 578 g/mol. The number of H-pyrrole nitrogens is 1. The first-order valence-electron chi connectivity index (χ1n) is 15.0. The molecule has 9 heteroatoms. The second kappa shape index (κ2) is 13.1. The van der Waals surface area contributed by atoms with Gasteiger partial charge in [-0.2, -0.15) is 11.8 Å². The van der Waals surface area contributed by atoms with Gasteiger partial charge < -0.3 is 19.8 Å². The molecule has 1 atom stereocenters. The molecule has 0 spiro atoms. The number of nitrogens with zero attached hydrogens (tertiary/aromatic N) is 1. The zero-order valence-electron chi connectivity index (χ0n) is 25.9. The Kier molecular flexibility index (Phi) is 9.46. The largest absolute Gasteiger partial charge is 0.454 e. The Morgan fingerprint density at radius 2 is 1.89 bits per heavy atom. The Balaban J connectivity index is 1.63. The summed E-state index contributed by atoms with van der Waals surface area (Å²) in [5.41, 5.74) is 2.42. The third-order valence-electron chi connectivity index (χ3n) is 8.28. The van der Waals surface area contributed by atoms with Crippen molar-refractivity contribution >= 4 is 34.3 Å². The predicted octanol–water partition coefficient (Wildman–Crippen LogP) is 8.18.